The number of methoxy groups -OCH3 is 1. The van der Waals surface area contributed by atoms with Gasteiger partial charge in [-0.1, -0.05) is 29.8 Å². The first kappa shape index (κ1) is 14.9. The minimum absolute atomic E-state index is 0.144. The first-order valence-electron chi connectivity index (χ1n) is 7.38. The summed E-state index contributed by atoms with van der Waals surface area (Å²) in [6.45, 7) is 2.68. The van der Waals surface area contributed by atoms with E-state index in [2.05, 4.69) is 0 Å². The second-order valence-electron chi connectivity index (χ2n) is 5.35. The molecule has 0 aromatic heterocycles. The van der Waals surface area contributed by atoms with Gasteiger partial charge in [-0.3, -0.25) is 4.79 Å². The second kappa shape index (κ2) is 6.01. The predicted molar refractivity (Wildman–Crippen MR) is 88.9 cm³/mol. The molecule has 114 valence electrons. The molecular weight excluding hydrogens is 298 g/mol. The van der Waals surface area contributed by atoms with Gasteiger partial charge >= 0.3 is 0 Å². The van der Waals surface area contributed by atoms with E-state index >= 15 is 0 Å². The molecule has 0 saturated heterocycles. The molecule has 2 aromatic carbocycles. The zero-order chi connectivity index (χ0) is 15.7. The highest BCUT2D eigenvalue weighted by atomic mass is 35.5. The molecule has 1 aliphatic heterocycles. The monoisotopic (exact) mass is 315 g/mol. The van der Waals surface area contributed by atoms with E-state index in [9.17, 15) is 4.79 Å². The van der Waals surface area contributed by atoms with Crippen LogP contribution in [-0.4, -0.2) is 19.6 Å². The van der Waals surface area contributed by atoms with Crippen molar-refractivity contribution in [3.8, 4) is 5.75 Å². The lowest BCUT2D eigenvalue weighted by molar-refractivity contribution is -0.119. The Morgan fingerprint density at radius 2 is 2.00 bits per heavy atom. The molecule has 0 radical (unpaired) electrons. The highest BCUT2D eigenvalue weighted by Gasteiger charge is 2.36. The van der Waals surface area contributed by atoms with Gasteiger partial charge in [0.2, 0.25) is 5.91 Å². The van der Waals surface area contributed by atoms with Gasteiger partial charge in [-0.2, -0.15) is 0 Å². The van der Waals surface area contributed by atoms with E-state index in [4.69, 9.17) is 16.3 Å². The zero-order valence-corrected chi connectivity index (χ0v) is 13.4. The highest BCUT2D eigenvalue weighted by Crippen LogP contribution is 2.40. The molecule has 0 N–H and O–H groups in total. The number of para-hydroxylation sites is 1. The minimum atomic E-state index is -0.177. The first-order chi connectivity index (χ1) is 10.7. The average Bonchev–Trinajstić information content (AvgIpc) is 2.80. The van der Waals surface area contributed by atoms with Crippen molar-refractivity contribution in [1.29, 1.82) is 0 Å². The minimum Gasteiger partial charge on any atom is -0.496 e. The Morgan fingerprint density at radius 3 is 2.73 bits per heavy atom. The summed E-state index contributed by atoms with van der Waals surface area (Å²) in [6, 6.07) is 13.5. The molecule has 0 bridgehead atoms. The van der Waals surface area contributed by atoms with Crippen LogP contribution in [0.4, 0.5) is 5.69 Å². The Hall–Kier alpha value is -2.00. The molecule has 1 heterocycles. The molecule has 4 heteroatoms. The third-order valence-electron chi connectivity index (χ3n) is 4.15. The number of halogens is 1. The van der Waals surface area contributed by atoms with Gasteiger partial charge in [0.05, 0.1) is 13.0 Å². The summed E-state index contributed by atoms with van der Waals surface area (Å²) in [5.74, 6) is 0.735. The van der Waals surface area contributed by atoms with Crippen LogP contribution in [0, 0.1) is 0 Å². The van der Waals surface area contributed by atoms with Crippen LogP contribution in [0.3, 0.4) is 0 Å². The van der Waals surface area contributed by atoms with Crippen molar-refractivity contribution in [3.63, 3.8) is 0 Å². The molecule has 1 amide bonds. The highest BCUT2D eigenvalue weighted by molar-refractivity contribution is 6.30. The number of fused-ring (bicyclic) bond motifs is 1. The number of nitrogens with zero attached hydrogens (tertiary/aromatic N) is 1. The summed E-state index contributed by atoms with van der Waals surface area (Å²) < 4.78 is 5.40. The largest absolute Gasteiger partial charge is 0.496 e. The summed E-state index contributed by atoms with van der Waals surface area (Å²) in [7, 11) is 1.63. The number of likely N-dealkylation sites (N-methyl/N-ethyl adjacent to an activating group) is 1. The number of amides is 1. The summed E-state index contributed by atoms with van der Waals surface area (Å²) >= 11 is 6.10. The van der Waals surface area contributed by atoms with Crippen LogP contribution in [-0.2, 0) is 11.2 Å². The quantitative estimate of drug-likeness (QED) is 0.852. The van der Waals surface area contributed by atoms with Crippen molar-refractivity contribution in [2.24, 2.45) is 0 Å². The molecule has 3 nitrogen and oxygen atoms in total. The molecule has 3 rings (SSSR count). The molecule has 0 fully saturated rings. The van der Waals surface area contributed by atoms with E-state index in [1.54, 1.807) is 13.2 Å². The van der Waals surface area contributed by atoms with Gasteiger partial charge in [-0.15, -0.1) is 0 Å². The number of ether oxygens (including phenoxy) is 1. The van der Waals surface area contributed by atoms with Crippen LogP contribution in [0.2, 0.25) is 5.02 Å². The molecule has 2 aromatic rings. The lowest BCUT2D eigenvalue weighted by Gasteiger charge is -2.16. The van der Waals surface area contributed by atoms with Gasteiger partial charge in [0.1, 0.15) is 5.75 Å². The third-order valence-corrected chi connectivity index (χ3v) is 4.38. The fourth-order valence-electron chi connectivity index (χ4n) is 3.12. The molecular formula is C18H18ClNO2. The fraction of sp³-hybridized carbons (Fsp3) is 0.278. The van der Waals surface area contributed by atoms with Gasteiger partial charge in [0, 0.05) is 17.3 Å². The van der Waals surface area contributed by atoms with Crippen LogP contribution >= 0.6 is 11.6 Å². The number of rotatable bonds is 4. The molecule has 0 saturated carbocycles. The second-order valence-corrected chi connectivity index (χ2v) is 5.79. The van der Waals surface area contributed by atoms with E-state index in [0.29, 0.717) is 18.0 Å². The lowest BCUT2D eigenvalue weighted by Crippen LogP contribution is -2.29. The molecule has 0 aliphatic carbocycles. The van der Waals surface area contributed by atoms with Crippen LogP contribution in [0.1, 0.15) is 24.0 Å². The van der Waals surface area contributed by atoms with E-state index in [1.807, 2.05) is 48.2 Å². The van der Waals surface area contributed by atoms with Gasteiger partial charge in [-0.25, -0.2) is 0 Å². The normalized spacial score (nSPS) is 16.8. The van der Waals surface area contributed by atoms with E-state index in [1.165, 1.54) is 0 Å². The summed E-state index contributed by atoms with van der Waals surface area (Å²) in [5, 5.41) is 0.655. The average molecular weight is 316 g/mol. The molecule has 22 heavy (non-hydrogen) atoms. The van der Waals surface area contributed by atoms with Crippen LogP contribution in [0.5, 0.6) is 5.75 Å². The maximum absolute atomic E-state index is 12.7. The number of carbonyl (C=O) groups is 1. The number of hydrogen-bond acceptors (Lipinski definition) is 2. The number of anilines is 1. The first-order valence-corrected chi connectivity index (χ1v) is 7.76. The number of carbonyl (C=O) groups excluding carboxylic acids is 1. The molecule has 1 aliphatic rings. The molecule has 0 unspecified atom stereocenters. The summed E-state index contributed by atoms with van der Waals surface area (Å²) in [4.78, 5) is 14.6. The topological polar surface area (TPSA) is 29.5 Å². The van der Waals surface area contributed by atoms with Crippen molar-refractivity contribution in [2.75, 3.05) is 18.6 Å². The number of benzene rings is 2. The Bertz CT molecular complexity index is 714. The maximum Gasteiger partial charge on any atom is 0.234 e. The van der Waals surface area contributed by atoms with Crippen molar-refractivity contribution in [1.82, 2.24) is 0 Å². The molecule has 1 atom stereocenters. The lowest BCUT2D eigenvalue weighted by atomic mass is 9.93. The summed E-state index contributed by atoms with van der Waals surface area (Å²) in [6.07, 6.45) is 0.593. The third kappa shape index (κ3) is 2.46. The van der Waals surface area contributed by atoms with E-state index < -0.39 is 0 Å². The van der Waals surface area contributed by atoms with Gasteiger partial charge in [0.15, 0.2) is 0 Å². The van der Waals surface area contributed by atoms with Gasteiger partial charge < -0.3 is 9.64 Å². The Balaban J connectivity index is 1.99. The van der Waals surface area contributed by atoms with E-state index in [0.717, 1.165) is 22.6 Å². The number of hydrogen-bond donors (Lipinski definition) is 0. The van der Waals surface area contributed by atoms with Gasteiger partial charge in [-0.05, 0) is 48.7 Å². The van der Waals surface area contributed by atoms with Crippen molar-refractivity contribution in [3.05, 3.63) is 58.6 Å². The fourth-order valence-corrected chi connectivity index (χ4v) is 3.31. The van der Waals surface area contributed by atoms with Crippen LogP contribution in [0.25, 0.3) is 0 Å². The maximum atomic E-state index is 12.7. The smallest absolute Gasteiger partial charge is 0.234 e. The van der Waals surface area contributed by atoms with E-state index in [-0.39, 0.29) is 11.8 Å². The Labute approximate surface area is 135 Å². The molecule has 0 spiro atoms. The van der Waals surface area contributed by atoms with Crippen LogP contribution < -0.4 is 9.64 Å². The van der Waals surface area contributed by atoms with Crippen molar-refractivity contribution < 1.29 is 9.53 Å². The standard InChI is InChI=1S/C18H18ClNO2/c1-3-20-16-7-5-4-6-14(16)15(18(20)21)11-12-10-13(19)8-9-17(12)22-2/h4-10,15H,3,11H2,1-2H3/t15-/m0/s1. The predicted octanol–water partition coefficient (Wildman–Crippen LogP) is 4.04. The summed E-state index contributed by atoms with van der Waals surface area (Å²) in [5.41, 5.74) is 3.05. The SMILES string of the molecule is CCN1C(=O)[C@@H](Cc2cc(Cl)ccc2OC)c2ccccc21. The van der Waals surface area contributed by atoms with Crippen molar-refractivity contribution in [2.45, 2.75) is 19.3 Å². The Kier molecular flexibility index (Phi) is 4.08. The Morgan fingerprint density at radius 1 is 1.23 bits per heavy atom. The van der Waals surface area contributed by atoms with Gasteiger partial charge in [0.25, 0.3) is 0 Å². The zero-order valence-electron chi connectivity index (χ0n) is 12.7. The van der Waals surface area contributed by atoms with Crippen LogP contribution in [0.15, 0.2) is 42.5 Å². The van der Waals surface area contributed by atoms with Crippen molar-refractivity contribution >= 4 is 23.2 Å².